The molecule has 0 unspecified atom stereocenters. The van der Waals surface area contributed by atoms with Crippen LogP contribution in [-0.4, -0.2) is 4.98 Å². The summed E-state index contributed by atoms with van der Waals surface area (Å²) in [5.74, 6) is -0.248. The van der Waals surface area contributed by atoms with Crippen LogP contribution in [0.15, 0.2) is 30.5 Å². The number of hydrogen-bond donors (Lipinski definition) is 0. The quantitative estimate of drug-likeness (QED) is 0.705. The van der Waals surface area contributed by atoms with Gasteiger partial charge in [-0.25, -0.2) is 9.37 Å². The Bertz CT molecular complexity index is 427. The fourth-order valence-electron chi connectivity index (χ4n) is 1.03. The smallest absolute Gasteiger partial charge is 0.184 e. The van der Waals surface area contributed by atoms with E-state index in [0.29, 0.717) is 4.47 Å². The van der Waals surface area contributed by atoms with E-state index in [4.69, 9.17) is 11.6 Å². The molecule has 0 atom stereocenters. The van der Waals surface area contributed by atoms with Crippen LogP contribution in [0.25, 0.3) is 10.4 Å². The largest absolute Gasteiger partial charge is 0.233 e. The van der Waals surface area contributed by atoms with Gasteiger partial charge in [0.2, 0.25) is 0 Å². The first kappa shape index (κ1) is 8.66. The zero-order valence-electron chi connectivity index (χ0n) is 6.50. The number of halogens is 2. The van der Waals surface area contributed by atoms with E-state index in [0.717, 1.165) is 10.4 Å². The highest BCUT2D eigenvalue weighted by Gasteiger charge is 2.02. The average Bonchev–Trinajstić information content (AvgIpc) is 2.52. The summed E-state index contributed by atoms with van der Waals surface area (Å²) in [4.78, 5) is 4.76. The number of benzene rings is 1. The van der Waals surface area contributed by atoms with Gasteiger partial charge in [0, 0.05) is 6.20 Å². The van der Waals surface area contributed by atoms with Crippen LogP contribution in [0.1, 0.15) is 0 Å². The number of rotatable bonds is 1. The fraction of sp³-hybridized carbons (Fsp3) is 0. The van der Waals surface area contributed by atoms with Crippen molar-refractivity contribution in [2.45, 2.75) is 0 Å². The molecule has 66 valence electrons. The molecular weight excluding hydrogens is 209 g/mol. The lowest BCUT2D eigenvalue weighted by molar-refractivity contribution is 0.628. The van der Waals surface area contributed by atoms with E-state index in [1.54, 1.807) is 12.3 Å². The van der Waals surface area contributed by atoms with Crippen molar-refractivity contribution in [1.29, 1.82) is 0 Å². The molecule has 0 radical (unpaired) electrons. The molecule has 4 heteroatoms. The molecule has 0 bridgehead atoms. The minimum Gasteiger partial charge on any atom is -0.233 e. The van der Waals surface area contributed by atoms with E-state index in [2.05, 4.69) is 4.98 Å². The lowest BCUT2D eigenvalue weighted by Crippen LogP contribution is -1.74. The van der Waals surface area contributed by atoms with Crippen molar-refractivity contribution in [1.82, 2.24) is 4.98 Å². The van der Waals surface area contributed by atoms with Crippen LogP contribution >= 0.6 is 22.9 Å². The van der Waals surface area contributed by atoms with Gasteiger partial charge in [-0.15, -0.1) is 11.3 Å². The van der Waals surface area contributed by atoms with E-state index >= 15 is 0 Å². The predicted molar refractivity (Wildman–Crippen MR) is 52.5 cm³/mol. The third-order valence-electron chi connectivity index (χ3n) is 1.59. The van der Waals surface area contributed by atoms with Crippen molar-refractivity contribution in [3.63, 3.8) is 0 Å². The van der Waals surface area contributed by atoms with Crippen molar-refractivity contribution in [3.8, 4) is 10.4 Å². The summed E-state index contributed by atoms with van der Waals surface area (Å²) >= 11 is 7.00. The molecule has 1 nitrogen and oxygen atoms in total. The van der Waals surface area contributed by atoms with Gasteiger partial charge >= 0.3 is 0 Å². The second-order valence-electron chi connectivity index (χ2n) is 2.49. The monoisotopic (exact) mass is 213 g/mol. The zero-order chi connectivity index (χ0) is 9.26. The Hall–Kier alpha value is -0.930. The second-order valence-corrected chi connectivity index (χ2v) is 4.10. The van der Waals surface area contributed by atoms with Gasteiger partial charge in [-0.2, -0.15) is 0 Å². The van der Waals surface area contributed by atoms with Gasteiger partial charge in [-0.1, -0.05) is 23.7 Å². The van der Waals surface area contributed by atoms with Crippen LogP contribution in [0, 0.1) is 5.82 Å². The maximum absolute atomic E-state index is 12.8. The van der Waals surface area contributed by atoms with Crippen molar-refractivity contribution >= 4 is 22.9 Å². The fourth-order valence-corrected chi connectivity index (χ4v) is 1.96. The van der Waals surface area contributed by atoms with Crippen LogP contribution in [0.4, 0.5) is 4.39 Å². The lowest BCUT2D eigenvalue weighted by Gasteiger charge is -1.94. The molecule has 0 aliphatic heterocycles. The number of nitrogens with zero attached hydrogens (tertiary/aromatic N) is 1. The van der Waals surface area contributed by atoms with E-state index < -0.39 is 0 Å². The number of aromatic nitrogens is 1. The standard InChI is InChI=1S/C9H5ClFNS/c10-9-12-5-8(13-9)6-2-1-3-7(11)4-6/h1-5H. The summed E-state index contributed by atoms with van der Waals surface area (Å²) in [5.41, 5.74) is 0.810. The third-order valence-corrected chi connectivity index (χ3v) is 2.75. The van der Waals surface area contributed by atoms with Gasteiger partial charge in [0.15, 0.2) is 4.47 Å². The van der Waals surface area contributed by atoms with E-state index in [9.17, 15) is 4.39 Å². The molecule has 0 fully saturated rings. The SMILES string of the molecule is Fc1cccc(-c2cnc(Cl)s2)c1. The van der Waals surface area contributed by atoms with Gasteiger partial charge < -0.3 is 0 Å². The number of hydrogen-bond acceptors (Lipinski definition) is 2. The highest BCUT2D eigenvalue weighted by molar-refractivity contribution is 7.18. The maximum Gasteiger partial charge on any atom is 0.184 e. The summed E-state index contributed by atoms with van der Waals surface area (Å²) in [6.45, 7) is 0. The lowest BCUT2D eigenvalue weighted by atomic mass is 10.2. The molecule has 0 saturated heterocycles. The van der Waals surface area contributed by atoms with Gasteiger partial charge in [-0.3, -0.25) is 0 Å². The number of thiazole rings is 1. The molecule has 0 saturated carbocycles. The van der Waals surface area contributed by atoms with Gasteiger partial charge in [0.25, 0.3) is 0 Å². The summed E-state index contributed by atoms with van der Waals surface area (Å²) < 4.78 is 13.3. The van der Waals surface area contributed by atoms with Crippen molar-refractivity contribution in [2.24, 2.45) is 0 Å². The minimum absolute atomic E-state index is 0.248. The van der Waals surface area contributed by atoms with Crippen LogP contribution in [0.2, 0.25) is 4.47 Å². The van der Waals surface area contributed by atoms with Gasteiger partial charge in [0.1, 0.15) is 5.82 Å². The minimum atomic E-state index is -0.248. The predicted octanol–water partition coefficient (Wildman–Crippen LogP) is 3.60. The van der Waals surface area contributed by atoms with Crippen LogP contribution in [0.5, 0.6) is 0 Å². The molecule has 1 aromatic heterocycles. The van der Waals surface area contributed by atoms with Crippen molar-refractivity contribution < 1.29 is 4.39 Å². The normalized spacial score (nSPS) is 10.3. The Kier molecular flexibility index (Phi) is 2.29. The molecule has 13 heavy (non-hydrogen) atoms. The first-order valence-electron chi connectivity index (χ1n) is 3.63. The van der Waals surface area contributed by atoms with E-state index in [1.807, 2.05) is 6.07 Å². The molecular formula is C9H5ClFNS. The molecule has 0 amide bonds. The van der Waals surface area contributed by atoms with E-state index in [1.165, 1.54) is 23.5 Å². The van der Waals surface area contributed by atoms with E-state index in [-0.39, 0.29) is 5.82 Å². The second kappa shape index (κ2) is 3.44. The Morgan fingerprint density at radius 2 is 2.23 bits per heavy atom. The Morgan fingerprint density at radius 3 is 2.85 bits per heavy atom. The summed E-state index contributed by atoms with van der Waals surface area (Å²) in [6.07, 6.45) is 1.64. The molecule has 1 aromatic carbocycles. The average molecular weight is 214 g/mol. The van der Waals surface area contributed by atoms with Crippen molar-refractivity contribution in [2.75, 3.05) is 0 Å². The Morgan fingerprint density at radius 1 is 1.38 bits per heavy atom. The summed E-state index contributed by atoms with van der Waals surface area (Å²) in [7, 11) is 0. The Labute approximate surface area is 83.8 Å². The first-order chi connectivity index (χ1) is 6.25. The maximum atomic E-state index is 12.8. The van der Waals surface area contributed by atoms with Crippen LogP contribution < -0.4 is 0 Å². The van der Waals surface area contributed by atoms with Crippen LogP contribution in [-0.2, 0) is 0 Å². The Balaban J connectivity index is 2.46. The van der Waals surface area contributed by atoms with Crippen molar-refractivity contribution in [3.05, 3.63) is 40.7 Å². The third kappa shape index (κ3) is 1.87. The molecule has 1 heterocycles. The zero-order valence-corrected chi connectivity index (χ0v) is 8.07. The first-order valence-corrected chi connectivity index (χ1v) is 4.82. The highest BCUT2D eigenvalue weighted by Crippen LogP contribution is 2.28. The molecule has 2 aromatic rings. The van der Waals surface area contributed by atoms with Crippen LogP contribution in [0.3, 0.4) is 0 Å². The summed E-state index contributed by atoms with van der Waals surface area (Å²) in [6, 6.07) is 6.36. The molecule has 0 aliphatic carbocycles. The van der Waals surface area contributed by atoms with Gasteiger partial charge in [0.05, 0.1) is 4.88 Å². The topological polar surface area (TPSA) is 12.9 Å². The molecule has 0 aliphatic rings. The van der Waals surface area contributed by atoms with Gasteiger partial charge in [-0.05, 0) is 17.7 Å². The highest BCUT2D eigenvalue weighted by atomic mass is 35.5. The molecule has 2 rings (SSSR count). The molecule has 0 N–H and O–H groups in total. The summed E-state index contributed by atoms with van der Waals surface area (Å²) in [5, 5.41) is 0. The molecule has 0 spiro atoms.